The summed E-state index contributed by atoms with van der Waals surface area (Å²) in [5.74, 6) is -0.478. The van der Waals surface area contributed by atoms with Gasteiger partial charge in [-0.15, -0.1) is 0 Å². The van der Waals surface area contributed by atoms with Crippen molar-refractivity contribution in [1.82, 2.24) is 4.98 Å². The third-order valence-electron chi connectivity index (χ3n) is 6.36. The highest BCUT2D eigenvalue weighted by Crippen LogP contribution is 2.22. The minimum absolute atomic E-state index is 0.165. The van der Waals surface area contributed by atoms with Gasteiger partial charge < -0.3 is 19.9 Å². The van der Waals surface area contributed by atoms with Crippen molar-refractivity contribution in [3.8, 4) is 5.75 Å². The number of hydrogen-bond donors (Lipinski definition) is 2. The molecule has 0 aliphatic rings. The van der Waals surface area contributed by atoms with Crippen molar-refractivity contribution in [2.24, 2.45) is 0 Å². The lowest BCUT2D eigenvalue weighted by Gasteiger charge is -2.18. The number of carboxylic acids is 1. The molecule has 0 aliphatic carbocycles. The topological polar surface area (TPSA) is 97.8 Å². The van der Waals surface area contributed by atoms with Crippen LogP contribution >= 0.6 is 0 Å². The summed E-state index contributed by atoms with van der Waals surface area (Å²) in [6.07, 6.45) is 2.02. The van der Waals surface area contributed by atoms with Crippen molar-refractivity contribution in [2.75, 3.05) is 25.1 Å². The van der Waals surface area contributed by atoms with E-state index in [0.29, 0.717) is 42.4 Å². The van der Waals surface area contributed by atoms with Crippen LogP contribution in [0.15, 0.2) is 97.1 Å². The number of nitrogens with zero attached hydrogens (tertiary/aromatic N) is 1. The largest absolute Gasteiger partial charge is 0.491 e. The maximum atomic E-state index is 13.0. The van der Waals surface area contributed by atoms with Crippen LogP contribution < -0.4 is 10.1 Å². The summed E-state index contributed by atoms with van der Waals surface area (Å²) in [5.41, 5.74) is 4.39. The van der Waals surface area contributed by atoms with Crippen molar-refractivity contribution in [3.63, 3.8) is 0 Å². The molecule has 0 fully saturated rings. The Morgan fingerprint density at radius 3 is 2.35 bits per heavy atom. The standard InChI is InChI=1S/C33H34N2O5/c1-24-9-7-12-27(34-24)13-8-20-39-21-22-40-28-18-16-25(17-19-28)23-31(33(37)38)35-30-15-6-5-14-29(30)32(36)26-10-3-2-4-11-26/h2-7,9-12,14-19,31,35H,8,13,20-23H2,1H3,(H,37,38). The number of pyridine rings is 1. The lowest BCUT2D eigenvalue weighted by molar-refractivity contribution is -0.137. The molecule has 0 aliphatic heterocycles. The number of aliphatic carboxylic acids is 1. The Labute approximate surface area is 234 Å². The molecule has 0 bridgehead atoms. The smallest absolute Gasteiger partial charge is 0.326 e. The summed E-state index contributed by atoms with van der Waals surface area (Å²) in [6, 6.07) is 28.4. The summed E-state index contributed by atoms with van der Waals surface area (Å²) in [7, 11) is 0. The molecule has 0 saturated carbocycles. The normalized spacial score (nSPS) is 11.5. The van der Waals surface area contributed by atoms with E-state index < -0.39 is 12.0 Å². The highest BCUT2D eigenvalue weighted by Gasteiger charge is 2.21. The Hall–Kier alpha value is -4.49. The van der Waals surface area contributed by atoms with Crippen LogP contribution in [0.1, 0.15) is 39.3 Å². The average Bonchev–Trinajstić information content (AvgIpc) is 2.97. The number of ether oxygens (including phenoxy) is 2. The number of anilines is 1. The first-order chi connectivity index (χ1) is 19.5. The molecule has 0 saturated heterocycles. The molecule has 2 N–H and O–H groups in total. The molecule has 0 radical (unpaired) electrons. The van der Waals surface area contributed by atoms with Crippen LogP contribution in [-0.4, -0.2) is 47.7 Å². The van der Waals surface area contributed by atoms with Crippen LogP contribution in [-0.2, 0) is 22.4 Å². The molecule has 4 rings (SSSR count). The Morgan fingerprint density at radius 2 is 1.60 bits per heavy atom. The number of ketones is 1. The summed E-state index contributed by atoms with van der Waals surface area (Å²) >= 11 is 0. The third kappa shape index (κ3) is 8.51. The van der Waals surface area contributed by atoms with Crippen LogP contribution in [0.3, 0.4) is 0 Å². The van der Waals surface area contributed by atoms with Crippen molar-refractivity contribution in [1.29, 1.82) is 0 Å². The van der Waals surface area contributed by atoms with Gasteiger partial charge in [0, 0.05) is 41.2 Å². The fraction of sp³-hybridized carbons (Fsp3) is 0.242. The number of rotatable bonds is 15. The molecule has 1 atom stereocenters. The predicted octanol–water partition coefficient (Wildman–Crippen LogP) is 5.76. The van der Waals surface area contributed by atoms with E-state index in [4.69, 9.17) is 9.47 Å². The van der Waals surface area contributed by atoms with Crippen molar-refractivity contribution < 1.29 is 24.2 Å². The van der Waals surface area contributed by atoms with E-state index in [-0.39, 0.29) is 12.2 Å². The zero-order valence-electron chi connectivity index (χ0n) is 22.6. The number of para-hydroxylation sites is 1. The second-order valence-corrected chi connectivity index (χ2v) is 9.46. The van der Waals surface area contributed by atoms with Gasteiger partial charge in [0.2, 0.25) is 0 Å². The number of nitrogens with one attached hydrogen (secondary N) is 1. The highest BCUT2D eigenvalue weighted by molar-refractivity contribution is 6.12. The molecule has 1 unspecified atom stereocenters. The second kappa shape index (κ2) is 14.6. The van der Waals surface area contributed by atoms with Crippen molar-refractivity contribution >= 4 is 17.4 Å². The van der Waals surface area contributed by atoms with E-state index in [0.717, 1.165) is 29.8 Å². The summed E-state index contributed by atoms with van der Waals surface area (Å²) < 4.78 is 11.4. The molecule has 206 valence electrons. The maximum absolute atomic E-state index is 13.0. The number of carbonyl (C=O) groups excluding carboxylic acids is 1. The van der Waals surface area contributed by atoms with Crippen LogP contribution in [0.25, 0.3) is 0 Å². The molecular formula is C33H34N2O5. The van der Waals surface area contributed by atoms with E-state index in [1.54, 1.807) is 48.5 Å². The third-order valence-corrected chi connectivity index (χ3v) is 6.36. The van der Waals surface area contributed by atoms with Crippen LogP contribution in [0.4, 0.5) is 5.69 Å². The van der Waals surface area contributed by atoms with E-state index in [9.17, 15) is 14.7 Å². The first-order valence-corrected chi connectivity index (χ1v) is 13.4. The molecule has 7 nitrogen and oxygen atoms in total. The maximum Gasteiger partial charge on any atom is 0.326 e. The number of aromatic nitrogens is 1. The average molecular weight is 539 g/mol. The zero-order valence-corrected chi connectivity index (χ0v) is 22.6. The summed E-state index contributed by atoms with van der Waals surface area (Å²) in [4.78, 5) is 29.6. The zero-order chi connectivity index (χ0) is 28.2. The summed E-state index contributed by atoms with van der Waals surface area (Å²) in [6.45, 7) is 3.53. The van der Waals surface area contributed by atoms with Crippen LogP contribution in [0.2, 0.25) is 0 Å². The Bertz CT molecular complexity index is 1390. The van der Waals surface area contributed by atoms with Gasteiger partial charge in [0.25, 0.3) is 0 Å². The van der Waals surface area contributed by atoms with E-state index in [1.165, 1.54) is 0 Å². The minimum atomic E-state index is -1.00. The lowest BCUT2D eigenvalue weighted by Crippen LogP contribution is -2.32. The molecule has 0 spiro atoms. The van der Waals surface area contributed by atoms with Gasteiger partial charge in [0.15, 0.2) is 5.78 Å². The molecule has 0 amide bonds. The fourth-order valence-corrected chi connectivity index (χ4v) is 4.31. The minimum Gasteiger partial charge on any atom is -0.491 e. The molecular weight excluding hydrogens is 504 g/mol. The van der Waals surface area contributed by atoms with Crippen molar-refractivity contribution in [3.05, 3.63) is 125 Å². The first-order valence-electron chi connectivity index (χ1n) is 13.4. The number of benzene rings is 3. The van der Waals surface area contributed by atoms with Gasteiger partial charge >= 0.3 is 5.97 Å². The highest BCUT2D eigenvalue weighted by atomic mass is 16.5. The van der Waals surface area contributed by atoms with Gasteiger partial charge in [-0.25, -0.2) is 4.79 Å². The number of carboxylic acid groups (broad SMARTS) is 1. The predicted molar refractivity (Wildman–Crippen MR) is 155 cm³/mol. The van der Waals surface area contributed by atoms with E-state index in [1.807, 2.05) is 55.5 Å². The SMILES string of the molecule is Cc1cccc(CCCOCCOc2ccc(CC(Nc3ccccc3C(=O)c3ccccc3)C(=O)O)cc2)n1. The van der Waals surface area contributed by atoms with Crippen molar-refractivity contribution in [2.45, 2.75) is 32.2 Å². The molecule has 1 aromatic heterocycles. The number of aryl methyl sites for hydroxylation is 2. The van der Waals surface area contributed by atoms with Gasteiger partial charge in [-0.1, -0.05) is 60.7 Å². The lowest BCUT2D eigenvalue weighted by atomic mass is 10.00. The molecule has 1 heterocycles. The van der Waals surface area contributed by atoms with Crippen LogP contribution in [0, 0.1) is 6.92 Å². The quantitative estimate of drug-likeness (QED) is 0.147. The number of hydrogen-bond acceptors (Lipinski definition) is 6. The van der Waals surface area contributed by atoms with Gasteiger partial charge in [-0.2, -0.15) is 0 Å². The first kappa shape index (κ1) is 28.5. The fourth-order valence-electron chi connectivity index (χ4n) is 4.31. The van der Waals surface area contributed by atoms with Crippen LogP contribution in [0.5, 0.6) is 5.75 Å². The van der Waals surface area contributed by atoms with Gasteiger partial charge in [0.05, 0.1) is 6.61 Å². The number of carbonyl (C=O) groups is 2. The van der Waals surface area contributed by atoms with E-state index >= 15 is 0 Å². The van der Waals surface area contributed by atoms with E-state index in [2.05, 4.69) is 10.3 Å². The molecule has 4 aromatic rings. The van der Waals surface area contributed by atoms with Gasteiger partial charge in [-0.3, -0.25) is 9.78 Å². The van der Waals surface area contributed by atoms with Gasteiger partial charge in [-0.05, 0) is 61.7 Å². The molecule has 7 heteroatoms. The Balaban J connectivity index is 1.24. The Morgan fingerprint density at radius 1 is 0.850 bits per heavy atom. The van der Waals surface area contributed by atoms with Gasteiger partial charge in [0.1, 0.15) is 18.4 Å². The second-order valence-electron chi connectivity index (χ2n) is 9.46. The molecule has 3 aromatic carbocycles. The Kier molecular flexibility index (Phi) is 10.4. The summed E-state index contributed by atoms with van der Waals surface area (Å²) in [5, 5.41) is 12.9. The molecule has 40 heavy (non-hydrogen) atoms. The monoisotopic (exact) mass is 538 g/mol.